The maximum absolute atomic E-state index is 6.60. The van der Waals surface area contributed by atoms with Gasteiger partial charge < -0.3 is 4.74 Å². The number of para-hydroxylation sites is 2. The Hall–Kier alpha value is -7.64. The van der Waals surface area contributed by atoms with E-state index in [1.54, 1.807) is 0 Å². The fraction of sp³-hybridized carbons (Fsp3) is 0.127. The number of aromatic nitrogens is 3. The first-order chi connectivity index (χ1) is 30.2. The molecular formula is C55H44N6O. The van der Waals surface area contributed by atoms with Gasteiger partial charge in [-0.05, 0) is 35.0 Å². The number of ether oxygens (including phenoxy) is 1. The minimum Gasteiger partial charge on any atom is -0.456 e. The second-order valence-corrected chi connectivity index (χ2v) is 16.8. The maximum Gasteiger partial charge on any atom is 0.164 e. The predicted octanol–water partition coefficient (Wildman–Crippen LogP) is 12.7. The Morgan fingerprint density at radius 2 is 1.05 bits per heavy atom. The van der Waals surface area contributed by atoms with E-state index in [1.807, 2.05) is 97.1 Å². The minimum absolute atomic E-state index is 0.159. The van der Waals surface area contributed by atoms with E-state index < -0.39 is 0 Å². The molecule has 1 aromatic heterocycles. The van der Waals surface area contributed by atoms with Crippen LogP contribution >= 0.6 is 0 Å². The zero-order chi connectivity index (χ0) is 42.4. The third-order valence-electron chi connectivity index (χ3n) is 12.3. The van der Waals surface area contributed by atoms with Crippen molar-refractivity contribution < 1.29 is 4.74 Å². The van der Waals surface area contributed by atoms with Gasteiger partial charge in [0.05, 0.1) is 6.54 Å². The molecule has 0 amide bonds. The molecule has 0 saturated heterocycles. The van der Waals surface area contributed by atoms with Gasteiger partial charge in [-0.25, -0.2) is 24.9 Å². The molecule has 7 nitrogen and oxygen atoms in total. The Morgan fingerprint density at radius 1 is 0.500 bits per heavy atom. The van der Waals surface area contributed by atoms with Crippen molar-refractivity contribution in [3.05, 3.63) is 209 Å². The number of hydrogen-bond acceptors (Lipinski definition) is 5. The highest BCUT2D eigenvalue weighted by Gasteiger charge is 2.37. The van der Waals surface area contributed by atoms with Gasteiger partial charge >= 0.3 is 0 Å². The molecule has 0 saturated carbocycles. The third kappa shape index (κ3) is 6.72. The molecule has 300 valence electrons. The van der Waals surface area contributed by atoms with Crippen molar-refractivity contribution in [3.8, 4) is 56.8 Å². The highest BCUT2D eigenvalue weighted by atomic mass is 16.5. The average molecular weight is 805 g/mol. The largest absolute Gasteiger partial charge is 0.456 e. The zero-order valence-corrected chi connectivity index (χ0v) is 35.2. The molecule has 0 N–H and O–H groups in total. The molecule has 7 aromatic carbocycles. The zero-order valence-electron chi connectivity index (χ0n) is 35.2. The van der Waals surface area contributed by atoms with E-state index in [1.165, 1.54) is 22.3 Å². The van der Waals surface area contributed by atoms with Gasteiger partial charge in [0.25, 0.3) is 0 Å². The Morgan fingerprint density at radius 3 is 1.79 bits per heavy atom. The molecule has 0 atom stereocenters. The van der Waals surface area contributed by atoms with Crippen molar-refractivity contribution in [1.82, 2.24) is 15.0 Å². The summed E-state index contributed by atoms with van der Waals surface area (Å²) in [4.78, 5) is 30.0. The van der Waals surface area contributed by atoms with Gasteiger partial charge in [-0.1, -0.05) is 191 Å². The number of amidine groups is 2. The molecule has 2 aliphatic rings. The summed E-state index contributed by atoms with van der Waals surface area (Å²) in [5.74, 6) is 4.48. The van der Waals surface area contributed by atoms with Crippen LogP contribution in [0.1, 0.15) is 66.6 Å². The summed E-state index contributed by atoms with van der Waals surface area (Å²) in [5, 5.41) is 0. The molecule has 7 heteroatoms. The normalized spacial score (nSPS) is 14.5. The number of benzene rings is 7. The van der Waals surface area contributed by atoms with Crippen LogP contribution in [0.3, 0.4) is 0 Å². The standard InChI is InChI=1S/C55H44N6O/c1-54(2)42-25-13-12-23-40(42)47-41(24-17-27-44(47)54)53-60-51(36-20-10-7-11-21-36)59-52(61-53)38-32-30-37(31-33-38)50(58-49(56-5)35-18-8-6-9-19-35)57-34-39-22-16-28-45-48(39)62-46-29-15-14-26-43(46)55(45,3)4/h6-33H,5,34H2,1-4H3/b57-50-,58-49-. The fourth-order valence-electron chi connectivity index (χ4n) is 8.93. The van der Waals surface area contributed by atoms with E-state index in [4.69, 9.17) is 29.7 Å². The van der Waals surface area contributed by atoms with Gasteiger partial charge in [0.1, 0.15) is 11.5 Å². The van der Waals surface area contributed by atoms with E-state index in [-0.39, 0.29) is 10.8 Å². The summed E-state index contributed by atoms with van der Waals surface area (Å²) >= 11 is 0. The van der Waals surface area contributed by atoms with Gasteiger partial charge in [-0.15, -0.1) is 0 Å². The SMILES string of the molecule is C=N/C(=N\C(=N/Cc1cccc2c1Oc1ccccc1C2(C)C)c1ccc(-c2nc(-c3ccccc3)nc(-c3cccc4c3-c3ccccc3C4(C)C)n2)cc1)c1ccccc1. The minimum atomic E-state index is -0.245. The molecule has 1 aliphatic heterocycles. The van der Waals surface area contributed by atoms with Crippen LogP contribution in [0.5, 0.6) is 11.5 Å². The van der Waals surface area contributed by atoms with Crippen LogP contribution in [0.25, 0.3) is 45.3 Å². The number of fused-ring (bicyclic) bond motifs is 5. The number of hydrogen-bond donors (Lipinski definition) is 0. The quantitative estimate of drug-likeness (QED) is 0.119. The molecule has 2 heterocycles. The van der Waals surface area contributed by atoms with E-state index in [0.29, 0.717) is 35.7 Å². The Balaban J connectivity index is 1.07. The molecule has 62 heavy (non-hydrogen) atoms. The first-order valence-corrected chi connectivity index (χ1v) is 20.9. The summed E-state index contributed by atoms with van der Waals surface area (Å²) in [5.41, 5.74) is 12.2. The smallest absolute Gasteiger partial charge is 0.164 e. The van der Waals surface area contributed by atoms with E-state index in [0.717, 1.165) is 56.0 Å². The summed E-state index contributed by atoms with van der Waals surface area (Å²) in [6.07, 6.45) is 0. The second-order valence-electron chi connectivity index (χ2n) is 16.8. The maximum atomic E-state index is 6.60. The Bertz CT molecular complexity index is 3080. The topological polar surface area (TPSA) is 85.0 Å². The Labute approximate surface area is 362 Å². The monoisotopic (exact) mass is 804 g/mol. The molecule has 0 fully saturated rings. The highest BCUT2D eigenvalue weighted by Crippen LogP contribution is 2.52. The van der Waals surface area contributed by atoms with Crippen LogP contribution in [-0.2, 0) is 17.4 Å². The van der Waals surface area contributed by atoms with Gasteiger partial charge in [-0.2, -0.15) is 0 Å². The van der Waals surface area contributed by atoms with Crippen LogP contribution < -0.4 is 4.74 Å². The molecular weight excluding hydrogens is 761 g/mol. The second kappa shape index (κ2) is 15.4. The van der Waals surface area contributed by atoms with Crippen LogP contribution in [-0.4, -0.2) is 33.3 Å². The summed E-state index contributed by atoms with van der Waals surface area (Å²) in [7, 11) is 0. The van der Waals surface area contributed by atoms with Crippen molar-refractivity contribution in [3.63, 3.8) is 0 Å². The lowest BCUT2D eigenvalue weighted by molar-refractivity contribution is 0.413. The van der Waals surface area contributed by atoms with Crippen LogP contribution in [0, 0.1) is 0 Å². The molecule has 10 rings (SSSR count). The summed E-state index contributed by atoms with van der Waals surface area (Å²) in [6, 6.07) is 57.7. The van der Waals surface area contributed by atoms with Crippen LogP contribution in [0.2, 0.25) is 0 Å². The van der Waals surface area contributed by atoms with Crippen molar-refractivity contribution in [2.24, 2.45) is 15.0 Å². The predicted molar refractivity (Wildman–Crippen MR) is 252 cm³/mol. The number of aliphatic imine (C=N–C) groups is 3. The first-order valence-electron chi connectivity index (χ1n) is 20.9. The molecule has 8 aromatic rings. The van der Waals surface area contributed by atoms with Crippen LogP contribution in [0.4, 0.5) is 0 Å². The van der Waals surface area contributed by atoms with Crippen molar-refractivity contribution >= 4 is 18.4 Å². The van der Waals surface area contributed by atoms with Crippen molar-refractivity contribution in [2.75, 3.05) is 0 Å². The van der Waals surface area contributed by atoms with Gasteiger partial charge in [0.15, 0.2) is 29.1 Å². The van der Waals surface area contributed by atoms with Gasteiger partial charge in [-0.3, -0.25) is 4.99 Å². The highest BCUT2D eigenvalue weighted by molar-refractivity contribution is 6.12. The molecule has 0 spiro atoms. The van der Waals surface area contributed by atoms with E-state index in [2.05, 4.69) is 112 Å². The number of rotatable bonds is 7. The molecule has 0 unspecified atom stereocenters. The summed E-state index contributed by atoms with van der Waals surface area (Å²) in [6.45, 7) is 13.3. The van der Waals surface area contributed by atoms with Gasteiger partial charge in [0, 0.05) is 55.3 Å². The fourth-order valence-corrected chi connectivity index (χ4v) is 8.93. The lowest BCUT2D eigenvalue weighted by Crippen LogP contribution is -2.24. The van der Waals surface area contributed by atoms with E-state index in [9.17, 15) is 0 Å². The number of nitrogens with zero attached hydrogens (tertiary/aromatic N) is 6. The lowest BCUT2D eigenvalue weighted by atomic mass is 9.75. The van der Waals surface area contributed by atoms with Crippen LogP contribution in [0.15, 0.2) is 185 Å². The Kier molecular flexibility index (Phi) is 9.60. The average Bonchev–Trinajstić information content (AvgIpc) is 3.55. The van der Waals surface area contributed by atoms with E-state index >= 15 is 0 Å². The summed E-state index contributed by atoms with van der Waals surface area (Å²) < 4.78 is 6.60. The van der Waals surface area contributed by atoms with Crippen molar-refractivity contribution in [2.45, 2.75) is 45.1 Å². The molecule has 0 radical (unpaired) electrons. The lowest BCUT2D eigenvalue weighted by Gasteiger charge is -2.35. The molecule has 0 bridgehead atoms. The molecule has 1 aliphatic carbocycles. The third-order valence-corrected chi connectivity index (χ3v) is 12.3. The first kappa shape index (κ1) is 38.6. The van der Waals surface area contributed by atoms with Crippen molar-refractivity contribution in [1.29, 1.82) is 0 Å². The van der Waals surface area contributed by atoms with Gasteiger partial charge in [0.2, 0.25) is 0 Å².